The highest BCUT2D eigenvalue weighted by Gasteiger charge is 2.68. The number of carbonyl (C=O) groups excluding carboxylic acids is 1. The predicted octanol–water partition coefficient (Wildman–Crippen LogP) is 2.68. The highest BCUT2D eigenvalue weighted by molar-refractivity contribution is 5.85. The van der Waals surface area contributed by atoms with E-state index in [1.165, 1.54) is 6.42 Å². The second-order valence-corrected chi connectivity index (χ2v) is 7.42. The van der Waals surface area contributed by atoms with Gasteiger partial charge in [-0.15, -0.1) is 12.4 Å². The van der Waals surface area contributed by atoms with Gasteiger partial charge in [0.05, 0.1) is 0 Å². The lowest BCUT2D eigenvalue weighted by molar-refractivity contribution is -0.135. The van der Waals surface area contributed by atoms with Gasteiger partial charge >= 0.3 is 0 Å². The molecule has 19 heavy (non-hydrogen) atoms. The van der Waals surface area contributed by atoms with Crippen molar-refractivity contribution in [1.29, 1.82) is 0 Å². The van der Waals surface area contributed by atoms with E-state index in [-0.39, 0.29) is 35.2 Å². The fourth-order valence-electron chi connectivity index (χ4n) is 3.64. The van der Waals surface area contributed by atoms with Crippen LogP contribution in [0.25, 0.3) is 0 Å². The van der Waals surface area contributed by atoms with Gasteiger partial charge in [0.25, 0.3) is 0 Å². The minimum absolute atomic E-state index is 0. The fraction of sp³-hybridized carbons (Fsp3) is 0.933. The van der Waals surface area contributed by atoms with Gasteiger partial charge in [-0.3, -0.25) is 4.79 Å². The van der Waals surface area contributed by atoms with Crippen molar-refractivity contribution in [3.63, 3.8) is 0 Å². The molecule has 2 rings (SSSR count). The van der Waals surface area contributed by atoms with Crippen molar-refractivity contribution in [3.05, 3.63) is 0 Å². The molecule has 1 saturated heterocycles. The average Bonchev–Trinajstić information content (AvgIpc) is 2.69. The van der Waals surface area contributed by atoms with Crippen molar-refractivity contribution in [2.24, 2.45) is 28.4 Å². The summed E-state index contributed by atoms with van der Waals surface area (Å²) in [5.41, 5.74) is 6.28. The van der Waals surface area contributed by atoms with Crippen molar-refractivity contribution >= 4 is 18.3 Å². The van der Waals surface area contributed by atoms with Crippen LogP contribution in [0.5, 0.6) is 0 Å². The summed E-state index contributed by atoms with van der Waals surface area (Å²) in [5.74, 6) is 1.03. The highest BCUT2D eigenvalue weighted by atomic mass is 35.5. The third kappa shape index (κ3) is 2.64. The van der Waals surface area contributed by atoms with Crippen molar-refractivity contribution in [3.8, 4) is 0 Å². The summed E-state index contributed by atoms with van der Waals surface area (Å²) < 4.78 is 0. The standard InChI is InChI=1S/C15H28N2O.ClH/c1-10(16)11-7-6-8-17(9-11)13(18)12-14(2,3)15(12,4)5;/h10-12H,6-9,16H2,1-5H3;1H. The number of nitrogens with two attached hydrogens (primary N) is 1. The molecule has 0 spiro atoms. The zero-order chi connectivity index (χ0) is 13.7. The molecule has 0 aromatic carbocycles. The molecule has 4 heteroatoms. The lowest BCUT2D eigenvalue weighted by Gasteiger charge is -2.35. The van der Waals surface area contributed by atoms with E-state index in [4.69, 9.17) is 5.73 Å². The zero-order valence-electron chi connectivity index (χ0n) is 12.9. The molecule has 1 aliphatic carbocycles. The van der Waals surface area contributed by atoms with Crippen LogP contribution < -0.4 is 5.73 Å². The molecule has 2 N–H and O–H groups in total. The largest absolute Gasteiger partial charge is 0.342 e. The second-order valence-electron chi connectivity index (χ2n) is 7.42. The Balaban J connectivity index is 0.00000180. The molecule has 2 unspecified atom stereocenters. The first-order valence-corrected chi connectivity index (χ1v) is 7.24. The van der Waals surface area contributed by atoms with Crippen LogP contribution in [0.15, 0.2) is 0 Å². The number of rotatable bonds is 2. The first kappa shape index (κ1) is 16.8. The van der Waals surface area contributed by atoms with Crippen LogP contribution in [0.3, 0.4) is 0 Å². The third-order valence-corrected chi connectivity index (χ3v) is 5.78. The molecule has 2 fully saturated rings. The molecule has 0 aromatic rings. The molecule has 1 aliphatic heterocycles. The predicted molar refractivity (Wildman–Crippen MR) is 81.3 cm³/mol. The number of carbonyl (C=O) groups is 1. The number of halogens is 1. The maximum Gasteiger partial charge on any atom is 0.226 e. The molecule has 112 valence electrons. The van der Waals surface area contributed by atoms with Crippen LogP contribution in [0.2, 0.25) is 0 Å². The third-order valence-electron chi connectivity index (χ3n) is 5.78. The number of hydrogen-bond donors (Lipinski definition) is 1. The second kappa shape index (κ2) is 5.25. The average molecular weight is 289 g/mol. The summed E-state index contributed by atoms with van der Waals surface area (Å²) in [5, 5.41) is 0. The van der Waals surface area contributed by atoms with Gasteiger partial charge in [-0.2, -0.15) is 0 Å². The molecule has 0 radical (unpaired) electrons. The Kier molecular flexibility index (Phi) is 4.63. The van der Waals surface area contributed by atoms with E-state index < -0.39 is 0 Å². The van der Waals surface area contributed by atoms with Crippen molar-refractivity contribution in [1.82, 2.24) is 4.90 Å². The van der Waals surface area contributed by atoms with E-state index in [0.29, 0.717) is 11.8 Å². The van der Waals surface area contributed by atoms with E-state index in [2.05, 4.69) is 39.5 Å². The smallest absolute Gasteiger partial charge is 0.226 e. The van der Waals surface area contributed by atoms with Gasteiger partial charge in [0.2, 0.25) is 5.91 Å². The van der Waals surface area contributed by atoms with Gasteiger partial charge in [-0.05, 0) is 36.5 Å². The quantitative estimate of drug-likeness (QED) is 0.849. The monoisotopic (exact) mass is 288 g/mol. The Morgan fingerprint density at radius 2 is 1.79 bits per heavy atom. The highest BCUT2D eigenvalue weighted by Crippen LogP contribution is 2.68. The molecule has 1 saturated carbocycles. The molecule has 1 heterocycles. The molecule has 2 atom stereocenters. The van der Waals surface area contributed by atoms with Crippen LogP contribution in [-0.2, 0) is 4.79 Å². The molecule has 0 bridgehead atoms. The van der Waals surface area contributed by atoms with Crippen LogP contribution >= 0.6 is 12.4 Å². The summed E-state index contributed by atoms with van der Waals surface area (Å²) in [6.45, 7) is 12.7. The molecule has 3 nitrogen and oxygen atoms in total. The number of hydrogen-bond acceptors (Lipinski definition) is 2. The molecule has 2 aliphatic rings. The van der Waals surface area contributed by atoms with Crippen LogP contribution in [0.4, 0.5) is 0 Å². The van der Waals surface area contributed by atoms with Gasteiger partial charge in [-0.1, -0.05) is 27.7 Å². The van der Waals surface area contributed by atoms with E-state index in [1.807, 2.05) is 0 Å². The van der Waals surface area contributed by atoms with Crippen LogP contribution in [0.1, 0.15) is 47.5 Å². The molecule has 0 aromatic heterocycles. The summed E-state index contributed by atoms with van der Waals surface area (Å²) in [7, 11) is 0. The van der Waals surface area contributed by atoms with Gasteiger partial charge in [0.15, 0.2) is 0 Å². The van der Waals surface area contributed by atoms with E-state index in [1.54, 1.807) is 0 Å². The van der Waals surface area contributed by atoms with Gasteiger partial charge in [0.1, 0.15) is 0 Å². The molecular weight excluding hydrogens is 260 g/mol. The lowest BCUT2D eigenvalue weighted by atomic mass is 9.91. The number of piperidine rings is 1. The molecular formula is C15H29ClN2O. The zero-order valence-corrected chi connectivity index (χ0v) is 13.7. The molecule has 1 amide bonds. The van der Waals surface area contributed by atoms with E-state index in [9.17, 15) is 4.79 Å². The van der Waals surface area contributed by atoms with Gasteiger partial charge in [0, 0.05) is 25.0 Å². The summed E-state index contributed by atoms with van der Waals surface area (Å²) in [6.07, 6.45) is 2.27. The Labute approximate surface area is 123 Å². The Morgan fingerprint density at radius 3 is 2.21 bits per heavy atom. The van der Waals surface area contributed by atoms with Crippen LogP contribution in [-0.4, -0.2) is 29.9 Å². The Bertz CT molecular complexity index is 338. The minimum atomic E-state index is 0. The maximum absolute atomic E-state index is 12.6. The van der Waals surface area contributed by atoms with Gasteiger partial charge in [-0.25, -0.2) is 0 Å². The number of nitrogens with zero attached hydrogens (tertiary/aromatic N) is 1. The van der Waals surface area contributed by atoms with Crippen molar-refractivity contribution in [2.45, 2.75) is 53.5 Å². The lowest BCUT2D eigenvalue weighted by Crippen LogP contribution is -2.46. The van der Waals surface area contributed by atoms with E-state index >= 15 is 0 Å². The fourth-order valence-corrected chi connectivity index (χ4v) is 3.64. The number of likely N-dealkylation sites (tertiary alicyclic amines) is 1. The summed E-state index contributed by atoms with van der Waals surface area (Å²) in [4.78, 5) is 14.7. The normalized spacial score (nSPS) is 30.4. The summed E-state index contributed by atoms with van der Waals surface area (Å²) in [6, 6.07) is 0.195. The first-order chi connectivity index (χ1) is 8.19. The van der Waals surface area contributed by atoms with Crippen molar-refractivity contribution in [2.75, 3.05) is 13.1 Å². The summed E-state index contributed by atoms with van der Waals surface area (Å²) >= 11 is 0. The number of amides is 1. The maximum atomic E-state index is 12.6. The van der Waals surface area contributed by atoms with E-state index in [0.717, 1.165) is 19.5 Å². The Morgan fingerprint density at radius 1 is 1.26 bits per heavy atom. The first-order valence-electron chi connectivity index (χ1n) is 7.24. The topological polar surface area (TPSA) is 46.3 Å². The van der Waals surface area contributed by atoms with Crippen LogP contribution in [0, 0.1) is 22.7 Å². The Hall–Kier alpha value is -0.280. The van der Waals surface area contributed by atoms with Crippen molar-refractivity contribution < 1.29 is 4.79 Å². The minimum Gasteiger partial charge on any atom is -0.342 e. The SMILES string of the molecule is CC(N)C1CCCN(C(=O)C2C(C)(C)C2(C)C)C1.Cl. The van der Waals surface area contributed by atoms with Gasteiger partial charge < -0.3 is 10.6 Å².